The molecule has 0 bridgehead atoms. The third kappa shape index (κ3) is 4.42. The number of hydrazone groups is 1. The third-order valence-electron chi connectivity index (χ3n) is 5.19. The summed E-state index contributed by atoms with van der Waals surface area (Å²) >= 11 is 6.01. The van der Waals surface area contributed by atoms with E-state index >= 15 is 0 Å². The second kappa shape index (κ2) is 8.64. The molecule has 0 radical (unpaired) electrons. The van der Waals surface area contributed by atoms with Gasteiger partial charge in [0.25, 0.3) is 5.91 Å². The average Bonchev–Trinajstić information content (AvgIpc) is 3.43. The van der Waals surface area contributed by atoms with E-state index < -0.39 is 0 Å². The molecule has 0 fully saturated rings. The van der Waals surface area contributed by atoms with E-state index in [-0.39, 0.29) is 18.0 Å². The van der Waals surface area contributed by atoms with E-state index in [0.717, 1.165) is 17.0 Å². The monoisotopic (exact) mass is 408 g/mol. The van der Waals surface area contributed by atoms with Crippen molar-refractivity contribution in [1.29, 1.82) is 0 Å². The van der Waals surface area contributed by atoms with Gasteiger partial charge in [0, 0.05) is 17.0 Å². The summed E-state index contributed by atoms with van der Waals surface area (Å²) in [6.07, 6.45) is 2.23. The highest BCUT2D eigenvalue weighted by molar-refractivity contribution is 6.30. The number of rotatable bonds is 6. The van der Waals surface area contributed by atoms with Crippen LogP contribution in [0.25, 0.3) is 0 Å². The largest absolute Gasteiger partial charge is 0.467 e. The van der Waals surface area contributed by atoms with Gasteiger partial charge in [-0.1, -0.05) is 54.1 Å². The van der Waals surface area contributed by atoms with Crippen molar-refractivity contribution in [1.82, 2.24) is 5.01 Å². The zero-order valence-electron chi connectivity index (χ0n) is 16.2. The summed E-state index contributed by atoms with van der Waals surface area (Å²) in [5.74, 6) is 0.695. The predicted molar refractivity (Wildman–Crippen MR) is 113 cm³/mol. The number of quaternary nitrogens is 1. The zero-order valence-corrected chi connectivity index (χ0v) is 16.9. The van der Waals surface area contributed by atoms with Crippen LogP contribution in [0.1, 0.15) is 42.3 Å². The number of nitrogens with zero attached hydrogens (tertiary/aromatic N) is 2. The van der Waals surface area contributed by atoms with Crippen molar-refractivity contribution >= 4 is 23.2 Å². The Morgan fingerprint density at radius 2 is 1.93 bits per heavy atom. The van der Waals surface area contributed by atoms with Gasteiger partial charge in [0.05, 0.1) is 12.0 Å². The number of carbonyl (C=O) groups is 1. The molecule has 2 aromatic carbocycles. The highest BCUT2D eigenvalue weighted by Gasteiger charge is 2.35. The number of furan rings is 1. The maximum Gasteiger partial charge on any atom is 0.298 e. The van der Waals surface area contributed by atoms with Crippen LogP contribution in [0.5, 0.6) is 0 Å². The molecule has 148 valence electrons. The van der Waals surface area contributed by atoms with E-state index in [1.165, 1.54) is 5.56 Å². The average molecular weight is 409 g/mol. The van der Waals surface area contributed by atoms with E-state index in [9.17, 15) is 4.79 Å². The molecule has 29 heavy (non-hydrogen) atoms. The van der Waals surface area contributed by atoms with Gasteiger partial charge >= 0.3 is 0 Å². The molecule has 1 amide bonds. The predicted octanol–water partition coefficient (Wildman–Crippen LogP) is 3.94. The molecule has 1 aliphatic heterocycles. The molecule has 0 spiro atoms. The molecular formula is C23H23ClN3O2+. The maximum atomic E-state index is 13.0. The molecule has 6 heteroatoms. The minimum absolute atomic E-state index is 0.0434. The maximum absolute atomic E-state index is 13.0. The summed E-state index contributed by atoms with van der Waals surface area (Å²) in [5.41, 5.74) is 3.00. The first-order valence-corrected chi connectivity index (χ1v) is 10.1. The minimum Gasteiger partial charge on any atom is -0.467 e. The van der Waals surface area contributed by atoms with Crippen molar-refractivity contribution in [3.8, 4) is 0 Å². The molecule has 1 aromatic heterocycles. The highest BCUT2D eigenvalue weighted by atomic mass is 35.5. The summed E-state index contributed by atoms with van der Waals surface area (Å²) in [6.45, 7) is 2.41. The van der Waals surface area contributed by atoms with Crippen LogP contribution < -0.4 is 5.32 Å². The van der Waals surface area contributed by atoms with Crippen molar-refractivity contribution < 1.29 is 14.5 Å². The van der Waals surface area contributed by atoms with Crippen molar-refractivity contribution in [3.63, 3.8) is 0 Å². The van der Waals surface area contributed by atoms with Gasteiger partial charge in [-0.05, 0) is 36.8 Å². The van der Waals surface area contributed by atoms with E-state index in [1.54, 1.807) is 11.3 Å². The molecule has 5 nitrogen and oxygen atoms in total. The Labute approximate surface area is 175 Å². The topological polar surface area (TPSA) is 62.4 Å². The molecule has 0 saturated carbocycles. The number of nitrogens with two attached hydrogens (primary N) is 1. The van der Waals surface area contributed by atoms with E-state index in [0.29, 0.717) is 18.0 Å². The van der Waals surface area contributed by atoms with Gasteiger partial charge in [0.15, 0.2) is 6.54 Å². The summed E-state index contributed by atoms with van der Waals surface area (Å²) in [5, 5.41) is 8.93. The lowest BCUT2D eigenvalue weighted by molar-refractivity contribution is -0.683. The first kappa shape index (κ1) is 19.4. The fourth-order valence-corrected chi connectivity index (χ4v) is 3.65. The van der Waals surface area contributed by atoms with Gasteiger partial charge in [0.1, 0.15) is 17.8 Å². The quantitative estimate of drug-likeness (QED) is 0.671. The van der Waals surface area contributed by atoms with E-state index in [1.807, 2.05) is 59.9 Å². The van der Waals surface area contributed by atoms with Gasteiger partial charge < -0.3 is 9.73 Å². The lowest BCUT2D eigenvalue weighted by Gasteiger charge is -2.20. The van der Waals surface area contributed by atoms with Gasteiger partial charge in [-0.3, -0.25) is 4.79 Å². The summed E-state index contributed by atoms with van der Waals surface area (Å²) in [7, 11) is 0. The van der Waals surface area contributed by atoms with Crippen LogP contribution in [-0.4, -0.2) is 23.2 Å². The van der Waals surface area contributed by atoms with Crippen LogP contribution in [0.3, 0.4) is 0 Å². The number of benzene rings is 2. The smallest absolute Gasteiger partial charge is 0.298 e. The summed E-state index contributed by atoms with van der Waals surface area (Å²) < 4.78 is 5.60. The van der Waals surface area contributed by atoms with Gasteiger partial charge in [-0.15, -0.1) is 0 Å². The molecule has 0 saturated heterocycles. The molecule has 0 unspecified atom stereocenters. The van der Waals surface area contributed by atoms with E-state index in [2.05, 4.69) is 24.2 Å². The minimum atomic E-state index is -0.233. The first-order chi connectivity index (χ1) is 14.1. The Morgan fingerprint density at radius 1 is 1.17 bits per heavy atom. The van der Waals surface area contributed by atoms with Gasteiger partial charge in [-0.2, -0.15) is 5.10 Å². The van der Waals surface area contributed by atoms with Crippen molar-refractivity contribution in [2.24, 2.45) is 5.10 Å². The fourth-order valence-electron chi connectivity index (χ4n) is 3.52. The molecule has 2 atom stereocenters. The Hall–Kier alpha value is -2.89. The van der Waals surface area contributed by atoms with Crippen LogP contribution in [0.2, 0.25) is 5.02 Å². The SMILES string of the molecule is C[C@H]([NH2+]CC(=O)N1N=C(c2ccc(Cl)cc2)C[C@@H]1c1ccco1)c1ccccc1. The molecular weight excluding hydrogens is 386 g/mol. The lowest BCUT2D eigenvalue weighted by atomic mass is 10.0. The second-order valence-corrected chi connectivity index (χ2v) is 7.60. The van der Waals surface area contributed by atoms with Crippen molar-refractivity contribution in [2.75, 3.05) is 6.54 Å². The second-order valence-electron chi connectivity index (χ2n) is 7.17. The molecule has 2 heterocycles. The van der Waals surface area contributed by atoms with Gasteiger partial charge in [0.2, 0.25) is 0 Å². The van der Waals surface area contributed by atoms with Crippen molar-refractivity contribution in [2.45, 2.75) is 25.4 Å². The third-order valence-corrected chi connectivity index (χ3v) is 5.44. The fraction of sp³-hybridized carbons (Fsp3) is 0.217. The van der Waals surface area contributed by atoms with Crippen LogP contribution >= 0.6 is 11.6 Å². The Balaban J connectivity index is 1.51. The first-order valence-electron chi connectivity index (χ1n) is 9.69. The van der Waals surface area contributed by atoms with Gasteiger partial charge in [-0.25, -0.2) is 5.01 Å². The molecule has 0 aliphatic carbocycles. The van der Waals surface area contributed by atoms with Crippen LogP contribution in [0.15, 0.2) is 82.5 Å². The molecule has 4 rings (SSSR count). The van der Waals surface area contributed by atoms with Crippen LogP contribution in [0, 0.1) is 0 Å². The number of halogens is 1. The summed E-state index contributed by atoms with van der Waals surface area (Å²) in [4.78, 5) is 13.0. The van der Waals surface area contributed by atoms with Crippen LogP contribution in [0.4, 0.5) is 0 Å². The number of amides is 1. The number of hydrogen-bond donors (Lipinski definition) is 1. The number of hydrogen-bond acceptors (Lipinski definition) is 3. The normalized spacial score (nSPS) is 17.2. The molecule has 2 N–H and O–H groups in total. The Morgan fingerprint density at radius 3 is 2.62 bits per heavy atom. The lowest BCUT2D eigenvalue weighted by Crippen LogP contribution is -2.86. The van der Waals surface area contributed by atoms with Crippen molar-refractivity contribution in [3.05, 3.63) is 94.9 Å². The molecule has 3 aromatic rings. The standard InChI is InChI=1S/C23H22ClN3O2/c1-16(17-6-3-2-4-7-17)25-15-23(28)27-21(22-8-5-13-29-22)14-20(26-27)18-9-11-19(24)12-10-18/h2-13,16,21,25H,14-15H2,1H3/p+1/t16-,21+/m0/s1. The zero-order chi connectivity index (χ0) is 20.2. The highest BCUT2D eigenvalue weighted by Crippen LogP contribution is 2.33. The van der Waals surface area contributed by atoms with Crippen LogP contribution in [-0.2, 0) is 4.79 Å². The molecule has 1 aliphatic rings. The Kier molecular flexibility index (Phi) is 5.79. The van der Waals surface area contributed by atoms with E-state index in [4.69, 9.17) is 16.0 Å². The summed E-state index contributed by atoms with van der Waals surface area (Å²) in [6, 6.07) is 21.4. The Bertz CT molecular complexity index is 985. The number of carbonyl (C=O) groups excluding carboxylic acids is 1.